The van der Waals surface area contributed by atoms with E-state index in [9.17, 15) is 31.2 Å². The SMILES string of the molecule is CS(=O)(=O)Nn1c(=O)[nH]c2cc(C(F)(F)F)c(-c3ccn[nH]3)cc2c1=O. The molecule has 0 radical (unpaired) electrons. The minimum Gasteiger partial charge on any atom is -0.305 e. The molecule has 9 nitrogen and oxygen atoms in total. The van der Waals surface area contributed by atoms with E-state index in [1.54, 1.807) is 4.83 Å². The van der Waals surface area contributed by atoms with Crippen LogP contribution in [-0.2, 0) is 16.2 Å². The van der Waals surface area contributed by atoms with Crippen molar-refractivity contribution in [2.24, 2.45) is 0 Å². The number of sulfonamides is 1. The Balaban J connectivity index is 2.40. The van der Waals surface area contributed by atoms with E-state index in [1.165, 1.54) is 12.3 Å². The van der Waals surface area contributed by atoms with Gasteiger partial charge in [0.15, 0.2) is 0 Å². The van der Waals surface area contributed by atoms with E-state index in [4.69, 9.17) is 0 Å². The van der Waals surface area contributed by atoms with E-state index in [0.717, 1.165) is 6.07 Å². The highest BCUT2D eigenvalue weighted by molar-refractivity contribution is 7.91. The van der Waals surface area contributed by atoms with Crippen molar-refractivity contribution in [2.75, 3.05) is 11.1 Å². The average Bonchev–Trinajstić information content (AvgIpc) is 3.03. The molecule has 0 unspecified atom stereocenters. The number of alkyl halides is 3. The highest BCUT2D eigenvalue weighted by Gasteiger charge is 2.35. The zero-order chi connectivity index (χ0) is 19.3. The lowest BCUT2D eigenvalue weighted by molar-refractivity contribution is -0.137. The molecule has 3 aromatic rings. The summed E-state index contributed by atoms with van der Waals surface area (Å²) in [7, 11) is -3.98. The molecule has 0 saturated carbocycles. The first-order chi connectivity index (χ1) is 12.0. The summed E-state index contributed by atoms with van der Waals surface area (Å²) < 4.78 is 62.9. The fraction of sp³-hybridized carbons (Fsp3) is 0.154. The fourth-order valence-corrected chi connectivity index (χ4v) is 2.87. The van der Waals surface area contributed by atoms with Gasteiger partial charge in [-0.3, -0.25) is 9.89 Å². The number of hydrogen-bond acceptors (Lipinski definition) is 5. The average molecular weight is 389 g/mol. The van der Waals surface area contributed by atoms with E-state index < -0.39 is 33.0 Å². The van der Waals surface area contributed by atoms with E-state index in [-0.39, 0.29) is 26.8 Å². The molecular formula is C13H10F3N5O4S. The topological polar surface area (TPSA) is 130 Å². The lowest BCUT2D eigenvalue weighted by atomic mass is 10.0. The molecule has 0 fully saturated rings. The van der Waals surface area contributed by atoms with Crippen molar-refractivity contribution in [1.29, 1.82) is 0 Å². The monoisotopic (exact) mass is 389 g/mol. The molecule has 3 rings (SSSR count). The highest BCUT2D eigenvalue weighted by Crippen LogP contribution is 2.37. The molecule has 0 amide bonds. The number of H-pyrrole nitrogens is 2. The lowest BCUT2D eigenvalue weighted by Gasteiger charge is -2.14. The predicted octanol–water partition coefficient (Wildman–Crippen LogP) is 0.602. The molecule has 0 saturated heterocycles. The maximum absolute atomic E-state index is 13.4. The van der Waals surface area contributed by atoms with Crippen LogP contribution in [0.5, 0.6) is 0 Å². The van der Waals surface area contributed by atoms with Gasteiger partial charge in [-0.25, -0.2) is 18.0 Å². The van der Waals surface area contributed by atoms with Gasteiger partial charge in [0, 0.05) is 11.8 Å². The van der Waals surface area contributed by atoms with Crippen molar-refractivity contribution in [3.05, 3.63) is 50.8 Å². The molecule has 138 valence electrons. The van der Waals surface area contributed by atoms with Crippen LogP contribution in [0.4, 0.5) is 13.2 Å². The first-order valence-electron chi connectivity index (χ1n) is 6.85. The summed E-state index contributed by atoms with van der Waals surface area (Å²) in [5, 5.41) is 5.63. The van der Waals surface area contributed by atoms with Crippen molar-refractivity contribution in [2.45, 2.75) is 6.18 Å². The minimum absolute atomic E-state index is 0.00699. The van der Waals surface area contributed by atoms with Gasteiger partial charge in [-0.15, -0.1) is 0 Å². The second-order valence-electron chi connectivity index (χ2n) is 5.35. The van der Waals surface area contributed by atoms with Crippen LogP contribution in [0.15, 0.2) is 34.0 Å². The van der Waals surface area contributed by atoms with Crippen molar-refractivity contribution in [1.82, 2.24) is 19.9 Å². The first kappa shape index (κ1) is 17.7. The maximum Gasteiger partial charge on any atom is 0.417 e. The third kappa shape index (κ3) is 3.20. The Bertz CT molecular complexity index is 1210. The number of aromatic amines is 2. The van der Waals surface area contributed by atoms with Crippen LogP contribution in [0.1, 0.15) is 5.56 Å². The molecule has 0 atom stereocenters. The summed E-state index contributed by atoms with van der Waals surface area (Å²) in [5.41, 5.74) is -4.22. The number of halogens is 3. The van der Waals surface area contributed by atoms with E-state index >= 15 is 0 Å². The maximum atomic E-state index is 13.4. The van der Waals surface area contributed by atoms with E-state index in [1.807, 2.05) is 0 Å². The van der Waals surface area contributed by atoms with Crippen LogP contribution >= 0.6 is 0 Å². The number of benzene rings is 1. The molecule has 0 aliphatic carbocycles. The molecule has 2 heterocycles. The van der Waals surface area contributed by atoms with E-state index in [0.29, 0.717) is 12.3 Å². The smallest absolute Gasteiger partial charge is 0.305 e. The number of nitrogens with one attached hydrogen (secondary N) is 3. The largest absolute Gasteiger partial charge is 0.417 e. The molecule has 2 aromatic heterocycles. The summed E-state index contributed by atoms with van der Waals surface area (Å²) in [5.74, 6) is 0. The molecule has 0 bridgehead atoms. The predicted molar refractivity (Wildman–Crippen MR) is 85.6 cm³/mol. The first-order valence-corrected chi connectivity index (χ1v) is 8.74. The van der Waals surface area contributed by atoms with Gasteiger partial charge in [0.1, 0.15) is 0 Å². The van der Waals surface area contributed by atoms with Gasteiger partial charge in [-0.05, 0) is 18.2 Å². The molecule has 1 aromatic carbocycles. The van der Waals surface area contributed by atoms with Gasteiger partial charge in [0.05, 0.1) is 28.4 Å². The summed E-state index contributed by atoms with van der Waals surface area (Å²) in [6.07, 6.45) is -2.83. The van der Waals surface area contributed by atoms with Crippen molar-refractivity contribution >= 4 is 20.9 Å². The Labute approximate surface area is 142 Å². The van der Waals surface area contributed by atoms with E-state index in [2.05, 4.69) is 15.2 Å². The van der Waals surface area contributed by atoms with Gasteiger partial charge in [0.2, 0.25) is 10.0 Å². The van der Waals surface area contributed by atoms with Crippen LogP contribution in [0.2, 0.25) is 0 Å². The molecule has 0 aliphatic heterocycles. The molecule has 26 heavy (non-hydrogen) atoms. The van der Waals surface area contributed by atoms with Gasteiger partial charge < -0.3 is 4.98 Å². The zero-order valence-corrected chi connectivity index (χ0v) is 13.7. The van der Waals surface area contributed by atoms with Crippen molar-refractivity contribution < 1.29 is 21.6 Å². The Morgan fingerprint density at radius 3 is 2.46 bits per heavy atom. The standard InChI is InChI=1S/C13H10F3N5O4S/c1-26(24,25)20-21-11(22)7-4-6(9-2-3-17-19-9)8(13(14,15)16)5-10(7)18-12(21)23/h2-5,20H,1H3,(H,17,19)(H,18,23). The number of aromatic nitrogens is 4. The molecule has 0 spiro atoms. The third-order valence-corrected chi connectivity index (χ3v) is 3.90. The fourth-order valence-electron chi connectivity index (χ4n) is 2.38. The van der Waals surface area contributed by atoms with Crippen LogP contribution < -0.4 is 16.1 Å². The summed E-state index contributed by atoms with van der Waals surface area (Å²) >= 11 is 0. The van der Waals surface area contributed by atoms with Crippen LogP contribution in [0.25, 0.3) is 22.2 Å². The normalized spacial score (nSPS) is 12.5. The summed E-state index contributed by atoms with van der Waals surface area (Å²) in [6.45, 7) is 0. The minimum atomic E-state index is -4.77. The van der Waals surface area contributed by atoms with Crippen LogP contribution in [0, 0.1) is 0 Å². The number of hydrogen-bond donors (Lipinski definition) is 3. The van der Waals surface area contributed by atoms with Crippen LogP contribution in [0.3, 0.4) is 0 Å². The number of fused-ring (bicyclic) bond motifs is 1. The number of nitrogens with zero attached hydrogens (tertiary/aromatic N) is 2. The third-order valence-electron chi connectivity index (χ3n) is 3.39. The van der Waals surface area contributed by atoms with Gasteiger partial charge in [0.25, 0.3) is 5.56 Å². The Hall–Kier alpha value is -3.09. The van der Waals surface area contributed by atoms with Crippen molar-refractivity contribution in [3.63, 3.8) is 0 Å². The number of rotatable bonds is 3. The van der Waals surface area contributed by atoms with Gasteiger partial charge in [-0.1, -0.05) is 0 Å². The Morgan fingerprint density at radius 1 is 1.23 bits per heavy atom. The Kier molecular flexibility index (Phi) is 3.90. The van der Waals surface area contributed by atoms with Gasteiger partial charge >= 0.3 is 11.9 Å². The second-order valence-corrected chi connectivity index (χ2v) is 7.07. The summed E-state index contributed by atoms with van der Waals surface area (Å²) in [4.78, 5) is 28.1. The second kappa shape index (κ2) is 5.72. The molecular weight excluding hydrogens is 379 g/mol. The molecule has 3 N–H and O–H groups in total. The molecule has 0 aliphatic rings. The zero-order valence-electron chi connectivity index (χ0n) is 12.9. The Morgan fingerprint density at radius 2 is 1.92 bits per heavy atom. The highest BCUT2D eigenvalue weighted by atomic mass is 32.2. The summed E-state index contributed by atoms with van der Waals surface area (Å²) in [6, 6.07) is 2.79. The van der Waals surface area contributed by atoms with Gasteiger partial charge in [-0.2, -0.15) is 22.9 Å². The quantitative estimate of drug-likeness (QED) is 0.604. The van der Waals surface area contributed by atoms with Crippen LogP contribution in [-0.4, -0.2) is 34.5 Å². The lowest BCUT2D eigenvalue weighted by Crippen LogP contribution is -2.43. The molecule has 13 heteroatoms. The van der Waals surface area contributed by atoms with Crippen molar-refractivity contribution in [3.8, 4) is 11.3 Å².